The van der Waals surface area contributed by atoms with E-state index in [0.29, 0.717) is 0 Å². The van der Waals surface area contributed by atoms with E-state index in [1.54, 1.807) is 0 Å². The summed E-state index contributed by atoms with van der Waals surface area (Å²) >= 11 is 0. The van der Waals surface area contributed by atoms with E-state index < -0.39 is 0 Å². The Kier molecular flexibility index (Phi) is 6.47. The summed E-state index contributed by atoms with van der Waals surface area (Å²) in [4.78, 5) is 12.1. The largest absolute Gasteiger partial charge is 0.347 e. The van der Waals surface area contributed by atoms with Gasteiger partial charge >= 0.3 is 11.7 Å². The lowest BCUT2D eigenvalue weighted by atomic mass is 10.2. The van der Waals surface area contributed by atoms with Crippen LogP contribution in [0.25, 0.3) is 0 Å². The van der Waals surface area contributed by atoms with Crippen LogP contribution in [-0.4, -0.2) is 17.0 Å². The van der Waals surface area contributed by atoms with Gasteiger partial charge in [0.15, 0.2) is 0 Å². The Bertz CT molecular complexity index is 371. The Morgan fingerprint density at radius 3 is 2.67 bits per heavy atom. The van der Waals surface area contributed by atoms with E-state index >= 15 is 0 Å². The van der Waals surface area contributed by atoms with Gasteiger partial charge in [0, 0.05) is 6.54 Å². The summed E-state index contributed by atoms with van der Waals surface area (Å²) in [6, 6.07) is 0. The highest BCUT2D eigenvalue weighted by Gasteiger charge is 2.22. The number of aryl methyl sites for hydroxylation is 2. The zero-order valence-electron chi connectivity index (χ0n) is 11.9. The SMILES string of the molecule is CCCCCNC(=O)c1n(CCCC)cc[n+]1C. The van der Waals surface area contributed by atoms with Crippen LogP contribution in [0, 0.1) is 0 Å². The molecule has 0 aliphatic carbocycles. The number of hydrogen-bond acceptors (Lipinski definition) is 1. The molecule has 0 unspecified atom stereocenters. The Hall–Kier alpha value is -1.32. The zero-order chi connectivity index (χ0) is 13.4. The molecule has 4 heteroatoms. The Morgan fingerprint density at radius 2 is 2.00 bits per heavy atom. The first kappa shape index (κ1) is 14.7. The third-order valence-electron chi connectivity index (χ3n) is 3.10. The van der Waals surface area contributed by atoms with E-state index in [9.17, 15) is 4.79 Å². The van der Waals surface area contributed by atoms with Gasteiger partial charge in [0.25, 0.3) is 0 Å². The van der Waals surface area contributed by atoms with Gasteiger partial charge in [-0.25, -0.2) is 9.13 Å². The summed E-state index contributed by atoms with van der Waals surface area (Å²) in [5, 5.41) is 3.00. The number of amides is 1. The molecule has 1 N–H and O–H groups in total. The monoisotopic (exact) mass is 252 g/mol. The number of hydrogen-bond donors (Lipinski definition) is 1. The van der Waals surface area contributed by atoms with Crippen LogP contribution in [0.3, 0.4) is 0 Å². The van der Waals surface area contributed by atoms with Crippen LogP contribution in [0.5, 0.6) is 0 Å². The Balaban J connectivity index is 2.57. The smallest absolute Gasteiger partial charge is 0.346 e. The van der Waals surface area contributed by atoms with E-state index in [0.717, 1.165) is 38.2 Å². The number of nitrogens with one attached hydrogen (secondary N) is 1. The molecule has 0 aromatic carbocycles. The predicted octanol–water partition coefficient (Wildman–Crippen LogP) is 2.03. The summed E-state index contributed by atoms with van der Waals surface area (Å²) in [5.74, 6) is 0.787. The molecule has 0 saturated heterocycles. The summed E-state index contributed by atoms with van der Waals surface area (Å²) in [6.45, 7) is 6.01. The summed E-state index contributed by atoms with van der Waals surface area (Å²) in [7, 11) is 1.92. The summed E-state index contributed by atoms with van der Waals surface area (Å²) in [5.41, 5.74) is 0. The molecule has 0 saturated carbocycles. The van der Waals surface area contributed by atoms with Crippen LogP contribution in [0.2, 0.25) is 0 Å². The standard InChI is InChI=1S/C14H25N3O/c1-4-6-8-9-15-13(18)14-16(3)11-12-17(14)10-7-5-2/h11-12H,4-10H2,1-3H3/p+1. The van der Waals surface area contributed by atoms with Crippen molar-refractivity contribution in [3.05, 3.63) is 18.2 Å². The van der Waals surface area contributed by atoms with Gasteiger partial charge in [-0.2, -0.15) is 0 Å². The van der Waals surface area contributed by atoms with Gasteiger partial charge in [-0.15, -0.1) is 0 Å². The topological polar surface area (TPSA) is 37.9 Å². The molecule has 0 aliphatic rings. The molecule has 0 spiro atoms. The first-order valence-corrected chi connectivity index (χ1v) is 7.03. The first-order valence-electron chi connectivity index (χ1n) is 7.03. The molecule has 1 rings (SSSR count). The summed E-state index contributed by atoms with van der Waals surface area (Å²) in [6.07, 6.45) is 9.57. The van der Waals surface area contributed by atoms with Crippen molar-refractivity contribution in [1.82, 2.24) is 9.88 Å². The van der Waals surface area contributed by atoms with Crippen LogP contribution >= 0.6 is 0 Å². The van der Waals surface area contributed by atoms with Crippen LogP contribution in [0.1, 0.15) is 56.6 Å². The molecule has 0 aliphatic heterocycles. The maximum Gasteiger partial charge on any atom is 0.347 e. The van der Waals surface area contributed by atoms with Gasteiger partial charge in [-0.05, 0) is 12.8 Å². The highest BCUT2D eigenvalue weighted by Crippen LogP contribution is 2.00. The van der Waals surface area contributed by atoms with Crippen molar-refractivity contribution in [2.75, 3.05) is 6.54 Å². The minimum absolute atomic E-state index is 0.0368. The van der Waals surface area contributed by atoms with Crippen molar-refractivity contribution < 1.29 is 9.36 Å². The second-order valence-electron chi connectivity index (χ2n) is 4.74. The fraction of sp³-hybridized carbons (Fsp3) is 0.714. The molecular weight excluding hydrogens is 226 g/mol. The number of imidazole rings is 1. The van der Waals surface area contributed by atoms with Crippen LogP contribution < -0.4 is 9.88 Å². The number of unbranched alkanes of at least 4 members (excludes halogenated alkanes) is 3. The van der Waals surface area contributed by atoms with E-state index in [4.69, 9.17) is 0 Å². The lowest BCUT2D eigenvalue weighted by molar-refractivity contribution is -0.673. The first-order chi connectivity index (χ1) is 8.70. The van der Waals surface area contributed by atoms with Gasteiger partial charge in [0.2, 0.25) is 0 Å². The van der Waals surface area contributed by atoms with Crippen molar-refractivity contribution in [3.63, 3.8) is 0 Å². The third kappa shape index (κ3) is 4.17. The average Bonchev–Trinajstić information content (AvgIpc) is 2.73. The highest BCUT2D eigenvalue weighted by atomic mass is 16.2. The van der Waals surface area contributed by atoms with E-state index in [-0.39, 0.29) is 5.91 Å². The molecule has 0 atom stereocenters. The average molecular weight is 252 g/mol. The molecule has 0 bridgehead atoms. The van der Waals surface area contributed by atoms with Gasteiger partial charge in [-0.1, -0.05) is 33.1 Å². The van der Waals surface area contributed by atoms with Gasteiger partial charge in [0.1, 0.15) is 12.4 Å². The van der Waals surface area contributed by atoms with Crippen molar-refractivity contribution in [2.24, 2.45) is 7.05 Å². The number of rotatable bonds is 8. The quantitative estimate of drug-likeness (QED) is 0.558. The van der Waals surface area contributed by atoms with Crippen LogP contribution in [0.4, 0.5) is 0 Å². The lowest BCUT2D eigenvalue weighted by Crippen LogP contribution is -2.40. The molecule has 1 heterocycles. The molecule has 102 valence electrons. The predicted molar refractivity (Wildman–Crippen MR) is 72.4 cm³/mol. The van der Waals surface area contributed by atoms with E-state index in [2.05, 4.69) is 19.2 Å². The summed E-state index contributed by atoms with van der Waals surface area (Å²) < 4.78 is 3.93. The van der Waals surface area contributed by atoms with Crippen molar-refractivity contribution >= 4 is 5.91 Å². The number of carbonyl (C=O) groups is 1. The van der Waals surface area contributed by atoms with Gasteiger partial charge < -0.3 is 5.32 Å². The Morgan fingerprint density at radius 1 is 1.28 bits per heavy atom. The van der Waals surface area contributed by atoms with E-state index in [1.165, 1.54) is 12.8 Å². The number of aromatic nitrogens is 2. The second kappa shape index (κ2) is 7.90. The van der Waals surface area contributed by atoms with Crippen molar-refractivity contribution in [2.45, 2.75) is 52.5 Å². The molecule has 1 aromatic rings. The van der Waals surface area contributed by atoms with Gasteiger partial charge in [0.05, 0.1) is 13.6 Å². The third-order valence-corrected chi connectivity index (χ3v) is 3.10. The Labute approximate surface area is 110 Å². The van der Waals surface area contributed by atoms with Crippen molar-refractivity contribution in [3.8, 4) is 0 Å². The maximum absolute atomic E-state index is 12.1. The second-order valence-corrected chi connectivity index (χ2v) is 4.74. The van der Waals surface area contributed by atoms with Crippen LogP contribution in [-0.2, 0) is 13.6 Å². The van der Waals surface area contributed by atoms with Crippen LogP contribution in [0.15, 0.2) is 12.4 Å². The molecular formula is C14H26N3O+. The van der Waals surface area contributed by atoms with Gasteiger partial charge in [-0.3, -0.25) is 4.79 Å². The highest BCUT2D eigenvalue weighted by molar-refractivity contribution is 5.89. The molecule has 18 heavy (non-hydrogen) atoms. The fourth-order valence-electron chi connectivity index (χ4n) is 1.98. The molecule has 4 nitrogen and oxygen atoms in total. The molecule has 1 amide bonds. The number of carbonyl (C=O) groups excluding carboxylic acids is 1. The number of nitrogens with zero attached hydrogens (tertiary/aromatic N) is 2. The molecule has 0 fully saturated rings. The normalized spacial score (nSPS) is 10.6. The molecule has 0 radical (unpaired) electrons. The minimum atomic E-state index is 0.0368. The van der Waals surface area contributed by atoms with Crippen molar-refractivity contribution in [1.29, 1.82) is 0 Å². The zero-order valence-corrected chi connectivity index (χ0v) is 11.9. The maximum atomic E-state index is 12.1. The minimum Gasteiger partial charge on any atom is -0.346 e. The lowest BCUT2D eigenvalue weighted by Gasteiger charge is -2.04. The fourth-order valence-corrected chi connectivity index (χ4v) is 1.98. The van der Waals surface area contributed by atoms with E-state index in [1.807, 2.05) is 28.6 Å². The molecule has 1 aromatic heterocycles.